The number of hydrogen-bond acceptors (Lipinski definition) is 4. The highest BCUT2D eigenvalue weighted by atomic mass is 16.2. The van der Waals surface area contributed by atoms with E-state index in [1.54, 1.807) is 12.1 Å². The molecule has 0 aliphatic carbocycles. The number of carbonyl (C=O) groups is 3. The Morgan fingerprint density at radius 3 is 2.71 bits per heavy atom. The van der Waals surface area contributed by atoms with Crippen LogP contribution in [0.5, 0.6) is 0 Å². The molecule has 1 aliphatic heterocycles. The van der Waals surface area contributed by atoms with Crippen LogP contribution in [0.2, 0.25) is 0 Å². The quantitative estimate of drug-likeness (QED) is 0.645. The minimum absolute atomic E-state index is 0.160. The second kappa shape index (κ2) is 6.85. The fourth-order valence-corrected chi connectivity index (χ4v) is 2.25. The van der Waals surface area contributed by atoms with Gasteiger partial charge in [0.15, 0.2) is 0 Å². The van der Waals surface area contributed by atoms with Gasteiger partial charge in [-0.1, -0.05) is 30.3 Å². The Morgan fingerprint density at radius 2 is 2.05 bits per heavy atom. The van der Waals surface area contributed by atoms with Crippen molar-refractivity contribution >= 4 is 17.7 Å². The van der Waals surface area contributed by atoms with Crippen LogP contribution >= 0.6 is 0 Å². The van der Waals surface area contributed by atoms with Gasteiger partial charge in [-0.2, -0.15) is 0 Å². The number of nitrogens with zero attached hydrogens (tertiary/aromatic N) is 1. The molecule has 1 heterocycles. The lowest BCUT2D eigenvalue weighted by Gasteiger charge is -2.35. The van der Waals surface area contributed by atoms with Crippen LogP contribution in [0.15, 0.2) is 30.3 Å². The maximum absolute atomic E-state index is 12.2. The number of hydrogen-bond donors (Lipinski definition) is 3. The van der Waals surface area contributed by atoms with E-state index < -0.39 is 11.9 Å². The van der Waals surface area contributed by atoms with Crippen molar-refractivity contribution in [1.29, 1.82) is 0 Å². The van der Waals surface area contributed by atoms with E-state index in [4.69, 9.17) is 5.73 Å². The summed E-state index contributed by atoms with van der Waals surface area (Å²) < 4.78 is 0. The predicted molar refractivity (Wildman–Crippen MR) is 76.0 cm³/mol. The number of nitrogens with one attached hydrogen (secondary N) is 2. The zero-order valence-corrected chi connectivity index (χ0v) is 11.5. The molecule has 3 amide bonds. The van der Waals surface area contributed by atoms with Gasteiger partial charge in [0.05, 0.1) is 13.1 Å². The predicted octanol–water partition coefficient (Wildman–Crippen LogP) is -1.24. The Labute approximate surface area is 122 Å². The van der Waals surface area contributed by atoms with E-state index in [0.29, 0.717) is 13.1 Å². The Kier molecular flexibility index (Phi) is 4.89. The molecule has 1 aliphatic rings. The Balaban J connectivity index is 2.13. The third-order valence-electron chi connectivity index (χ3n) is 3.27. The number of carbonyl (C=O) groups excluding carboxylic acids is 3. The molecule has 1 fully saturated rings. The van der Waals surface area contributed by atoms with Gasteiger partial charge in [-0.15, -0.1) is 0 Å². The fraction of sp³-hybridized carbons (Fsp3) is 0.357. The summed E-state index contributed by atoms with van der Waals surface area (Å²) in [5.41, 5.74) is 5.92. The SMILES string of the molecule is NCC(=O)NCC(=O)N1CCNC(=O)C1c1ccccc1. The van der Waals surface area contributed by atoms with Crippen molar-refractivity contribution in [1.82, 2.24) is 15.5 Å². The van der Waals surface area contributed by atoms with Gasteiger partial charge in [0.2, 0.25) is 17.7 Å². The van der Waals surface area contributed by atoms with Crippen molar-refractivity contribution in [3.8, 4) is 0 Å². The first-order chi connectivity index (χ1) is 10.1. The van der Waals surface area contributed by atoms with Crippen molar-refractivity contribution in [3.63, 3.8) is 0 Å². The molecule has 21 heavy (non-hydrogen) atoms. The molecule has 4 N–H and O–H groups in total. The van der Waals surface area contributed by atoms with E-state index >= 15 is 0 Å². The molecule has 0 bridgehead atoms. The maximum atomic E-state index is 12.2. The van der Waals surface area contributed by atoms with Crippen LogP contribution in [-0.4, -0.2) is 48.8 Å². The molecule has 0 aromatic heterocycles. The number of nitrogens with two attached hydrogens (primary N) is 1. The molecule has 2 rings (SSSR count). The lowest BCUT2D eigenvalue weighted by atomic mass is 10.0. The molecule has 7 nitrogen and oxygen atoms in total. The first-order valence-electron chi connectivity index (χ1n) is 6.72. The summed E-state index contributed by atoms with van der Waals surface area (Å²) in [6.07, 6.45) is 0. The Hall–Kier alpha value is -2.41. The van der Waals surface area contributed by atoms with Crippen LogP contribution in [0.3, 0.4) is 0 Å². The van der Waals surface area contributed by atoms with E-state index in [-0.39, 0.29) is 24.9 Å². The summed E-state index contributed by atoms with van der Waals surface area (Å²) in [6.45, 7) is 0.476. The Bertz CT molecular complexity index is 532. The zero-order valence-electron chi connectivity index (χ0n) is 11.5. The van der Waals surface area contributed by atoms with Crippen LogP contribution < -0.4 is 16.4 Å². The van der Waals surface area contributed by atoms with Crippen LogP contribution in [0, 0.1) is 0 Å². The number of amides is 3. The maximum Gasteiger partial charge on any atom is 0.247 e. The van der Waals surface area contributed by atoms with Crippen molar-refractivity contribution < 1.29 is 14.4 Å². The molecule has 1 aromatic rings. The van der Waals surface area contributed by atoms with E-state index in [9.17, 15) is 14.4 Å². The van der Waals surface area contributed by atoms with Gasteiger partial charge >= 0.3 is 0 Å². The van der Waals surface area contributed by atoms with Crippen molar-refractivity contribution in [3.05, 3.63) is 35.9 Å². The van der Waals surface area contributed by atoms with Gasteiger partial charge < -0.3 is 21.3 Å². The highest BCUT2D eigenvalue weighted by molar-refractivity contribution is 5.92. The molecule has 7 heteroatoms. The monoisotopic (exact) mass is 290 g/mol. The molecular formula is C14H18N4O3. The summed E-state index contributed by atoms with van der Waals surface area (Å²) in [7, 11) is 0. The summed E-state index contributed by atoms with van der Waals surface area (Å²) >= 11 is 0. The van der Waals surface area contributed by atoms with Crippen LogP contribution in [-0.2, 0) is 14.4 Å². The molecule has 0 radical (unpaired) electrons. The van der Waals surface area contributed by atoms with Crippen LogP contribution in [0.4, 0.5) is 0 Å². The molecule has 112 valence electrons. The van der Waals surface area contributed by atoms with Crippen molar-refractivity contribution in [2.24, 2.45) is 5.73 Å². The first-order valence-corrected chi connectivity index (χ1v) is 6.72. The average molecular weight is 290 g/mol. The number of piperazine rings is 1. The van der Waals surface area contributed by atoms with Crippen LogP contribution in [0.25, 0.3) is 0 Å². The summed E-state index contributed by atoms with van der Waals surface area (Å²) in [5, 5.41) is 5.18. The molecule has 1 atom stereocenters. The third-order valence-corrected chi connectivity index (χ3v) is 3.27. The second-order valence-corrected chi connectivity index (χ2v) is 4.67. The highest BCUT2D eigenvalue weighted by Gasteiger charge is 2.33. The molecule has 1 aromatic carbocycles. The lowest BCUT2D eigenvalue weighted by Crippen LogP contribution is -2.54. The molecule has 0 spiro atoms. The van der Waals surface area contributed by atoms with Gasteiger partial charge in [0.1, 0.15) is 6.04 Å². The van der Waals surface area contributed by atoms with Gasteiger partial charge in [-0.3, -0.25) is 14.4 Å². The molecular weight excluding hydrogens is 272 g/mol. The second-order valence-electron chi connectivity index (χ2n) is 4.67. The average Bonchev–Trinajstić information content (AvgIpc) is 2.52. The third kappa shape index (κ3) is 3.57. The zero-order chi connectivity index (χ0) is 15.2. The van der Waals surface area contributed by atoms with E-state index in [0.717, 1.165) is 5.56 Å². The minimum Gasteiger partial charge on any atom is -0.352 e. The van der Waals surface area contributed by atoms with Gasteiger partial charge in [0, 0.05) is 13.1 Å². The highest BCUT2D eigenvalue weighted by Crippen LogP contribution is 2.22. The standard InChI is InChI=1S/C14H18N4O3/c15-8-11(19)17-9-12(20)18-7-6-16-14(21)13(18)10-4-2-1-3-5-10/h1-5,13H,6-9,15H2,(H,16,21)(H,17,19). The molecule has 0 saturated carbocycles. The summed E-state index contributed by atoms with van der Waals surface area (Å²) in [4.78, 5) is 36.9. The molecule has 1 saturated heterocycles. The normalized spacial score (nSPS) is 18.0. The van der Waals surface area contributed by atoms with Crippen molar-refractivity contribution in [2.45, 2.75) is 6.04 Å². The van der Waals surface area contributed by atoms with Crippen LogP contribution in [0.1, 0.15) is 11.6 Å². The molecule has 1 unspecified atom stereocenters. The van der Waals surface area contributed by atoms with E-state index in [1.807, 2.05) is 18.2 Å². The Morgan fingerprint density at radius 1 is 1.33 bits per heavy atom. The van der Waals surface area contributed by atoms with E-state index in [2.05, 4.69) is 10.6 Å². The number of benzene rings is 1. The van der Waals surface area contributed by atoms with E-state index in [1.165, 1.54) is 4.90 Å². The topological polar surface area (TPSA) is 105 Å². The summed E-state index contributed by atoms with van der Waals surface area (Å²) in [5.74, 6) is -0.924. The fourth-order valence-electron chi connectivity index (χ4n) is 2.25. The summed E-state index contributed by atoms with van der Waals surface area (Å²) in [6, 6.07) is 8.41. The largest absolute Gasteiger partial charge is 0.352 e. The van der Waals surface area contributed by atoms with Gasteiger partial charge in [-0.25, -0.2) is 0 Å². The lowest BCUT2D eigenvalue weighted by molar-refractivity contribution is -0.143. The van der Waals surface area contributed by atoms with Gasteiger partial charge in [0.25, 0.3) is 0 Å². The smallest absolute Gasteiger partial charge is 0.247 e. The minimum atomic E-state index is -0.665. The first kappa shape index (κ1) is 15.0. The number of rotatable bonds is 4. The van der Waals surface area contributed by atoms with Crippen molar-refractivity contribution in [2.75, 3.05) is 26.2 Å². The van der Waals surface area contributed by atoms with Gasteiger partial charge in [-0.05, 0) is 5.56 Å².